The van der Waals surface area contributed by atoms with Crippen LogP contribution in [0.2, 0.25) is 0 Å². The van der Waals surface area contributed by atoms with Gasteiger partial charge in [-0.25, -0.2) is 9.18 Å². The first-order valence-corrected chi connectivity index (χ1v) is 5.63. The molecule has 0 aliphatic heterocycles. The summed E-state index contributed by atoms with van der Waals surface area (Å²) in [5.74, 6) is -1.22. The van der Waals surface area contributed by atoms with E-state index < -0.39 is 11.8 Å². The first-order valence-electron chi connectivity index (χ1n) is 5.63. The lowest BCUT2D eigenvalue weighted by atomic mass is 10.1. The maximum Gasteiger partial charge on any atom is 0.339 e. The summed E-state index contributed by atoms with van der Waals surface area (Å²) in [6.07, 6.45) is 2.57. The maximum atomic E-state index is 13.0. The molecule has 0 aliphatic rings. The van der Waals surface area contributed by atoms with E-state index in [1.165, 1.54) is 18.3 Å². The molecule has 0 aliphatic carbocycles. The van der Waals surface area contributed by atoms with Crippen molar-refractivity contribution in [3.8, 4) is 5.75 Å². The van der Waals surface area contributed by atoms with Crippen LogP contribution in [0.5, 0.6) is 5.75 Å². The van der Waals surface area contributed by atoms with Gasteiger partial charge in [-0.15, -0.1) is 0 Å². The summed E-state index contributed by atoms with van der Waals surface area (Å²) < 4.78 is 18.5. The number of carbonyl (C=O) groups is 1. The van der Waals surface area contributed by atoms with Crippen LogP contribution in [-0.2, 0) is 6.61 Å². The van der Waals surface area contributed by atoms with Crippen LogP contribution in [0.3, 0.4) is 0 Å². The summed E-state index contributed by atoms with van der Waals surface area (Å²) in [4.78, 5) is 14.8. The highest BCUT2D eigenvalue weighted by molar-refractivity contribution is 5.91. The topological polar surface area (TPSA) is 59.4 Å². The van der Waals surface area contributed by atoms with Crippen LogP contribution in [0.1, 0.15) is 21.5 Å². The van der Waals surface area contributed by atoms with Crippen LogP contribution in [0.25, 0.3) is 0 Å². The Bertz CT molecular complexity index is 613. The van der Waals surface area contributed by atoms with Crippen molar-refractivity contribution in [2.45, 2.75) is 13.5 Å². The summed E-state index contributed by atoms with van der Waals surface area (Å²) in [6, 6.07) is 6.17. The molecule has 5 heteroatoms. The van der Waals surface area contributed by atoms with Crippen LogP contribution >= 0.6 is 0 Å². The summed E-state index contributed by atoms with van der Waals surface area (Å²) >= 11 is 0. The third-order valence-corrected chi connectivity index (χ3v) is 2.59. The Hall–Kier alpha value is -2.43. The van der Waals surface area contributed by atoms with Crippen molar-refractivity contribution in [2.75, 3.05) is 0 Å². The summed E-state index contributed by atoms with van der Waals surface area (Å²) in [5, 5.41) is 9.08. The van der Waals surface area contributed by atoms with E-state index in [4.69, 9.17) is 9.84 Å². The largest absolute Gasteiger partial charge is 0.488 e. The molecule has 0 fully saturated rings. The standard InChI is InChI=1S/C14H12FNO3/c1-9-3-2-4-12(14(17)18)13(9)19-8-10-5-11(15)7-16-6-10/h2-7H,8H2,1H3,(H,17,18). The minimum atomic E-state index is -1.06. The average Bonchev–Trinajstić information content (AvgIpc) is 2.37. The molecule has 4 nitrogen and oxygen atoms in total. The number of benzene rings is 1. The van der Waals surface area contributed by atoms with Crippen LogP contribution in [0.4, 0.5) is 4.39 Å². The Labute approximate surface area is 109 Å². The Kier molecular flexibility index (Phi) is 3.75. The lowest BCUT2D eigenvalue weighted by molar-refractivity contribution is 0.0691. The SMILES string of the molecule is Cc1cccc(C(=O)O)c1OCc1cncc(F)c1. The van der Waals surface area contributed by atoms with E-state index in [9.17, 15) is 9.18 Å². The van der Waals surface area contributed by atoms with E-state index in [0.717, 1.165) is 6.20 Å². The molecular weight excluding hydrogens is 249 g/mol. The van der Waals surface area contributed by atoms with Gasteiger partial charge in [0.2, 0.25) is 0 Å². The second kappa shape index (κ2) is 5.48. The van der Waals surface area contributed by atoms with Gasteiger partial charge in [0.1, 0.15) is 23.7 Å². The van der Waals surface area contributed by atoms with Crippen molar-refractivity contribution in [1.82, 2.24) is 4.98 Å². The summed E-state index contributed by atoms with van der Waals surface area (Å²) in [5.41, 5.74) is 1.34. The second-order valence-corrected chi connectivity index (χ2v) is 4.06. The molecule has 0 bridgehead atoms. The molecule has 1 aromatic heterocycles. The number of para-hydroxylation sites is 1. The summed E-state index contributed by atoms with van der Waals surface area (Å²) in [6.45, 7) is 1.82. The molecule has 0 radical (unpaired) electrons. The smallest absolute Gasteiger partial charge is 0.339 e. The number of carboxylic acids is 1. The van der Waals surface area contributed by atoms with Gasteiger partial charge in [-0.3, -0.25) is 4.98 Å². The number of carboxylic acid groups (broad SMARTS) is 1. The van der Waals surface area contributed by atoms with Crippen LogP contribution in [0, 0.1) is 12.7 Å². The average molecular weight is 261 g/mol. The van der Waals surface area contributed by atoms with Crippen molar-refractivity contribution in [2.24, 2.45) is 0 Å². The van der Waals surface area contributed by atoms with E-state index in [0.29, 0.717) is 16.9 Å². The molecular formula is C14H12FNO3. The molecule has 2 rings (SSSR count). The van der Waals surface area contributed by atoms with Crippen LogP contribution < -0.4 is 4.74 Å². The number of nitrogens with zero attached hydrogens (tertiary/aromatic N) is 1. The number of ether oxygens (including phenoxy) is 1. The van der Waals surface area contributed by atoms with E-state index >= 15 is 0 Å². The predicted molar refractivity (Wildman–Crippen MR) is 66.7 cm³/mol. The van der Waals surface area contributed by atoms with Gasteiger partial charge in [0, 0.05) is 11.8 Å². The number of halogens is 1. The highest BCUT2D eigenvalue weighted by Crippen LogP contribution is 2.24. The van der Waals surface area contributed by atoms with Crippen molar-refractivity contribution in [3.05, 3.63) is 59.2 Å². The molecule has 0 atom stereocenters. The second-order valence-electron chi connectivity index (χ2n) is 4.06. The molecule has 1 N–H and O–H groups in total. The Balaban J connectivity index is 2.22. The number of aromatic nitrogens is 1. The molecule has 0 spiro atoms. The van der Waals surface area contributed by atoms with Crippen LogP contribution in [0.15, 0.2) is 36.7 Å². The number of aryl methyl sites for hydroxylation is 1. The van der Waals surface area contributed by atoms with E-state index in [1.807, 2.05) is 0 Å². The van der Waals surface area contributed by atoms with E-state index in [1.54, 1.807) is 19.1 Å². The molecule has 0 saturated heterocycles. The minimum absolute atomic E-state index is 0.0654. The van der Waals surface area contributed by atoms with Crippen LogP contribution in [-0.4, -0.2) is 16.1 Å². The lowest BCUT2D eigenvalue weighted by Gasteiger charge is -2.11. The molecule has 2 aromatic rings. The van der Waals surface area contributed by atoms with Crippen molar-refractivity contribution in [1.29, 1.82) is 0 Å². The molecule has 98 valence electrons. The van der Waals surface area contributed by atoms with Gasteiger partial charge in [-0.2, -0.15) is 0 Å². The highest BCUT2D eigenvalue weighted by atomic mass is 19.1. The fraction of sp³-hybridized carbons (Fsp3) is 0.143. The molecule has 0 amide bonds. The van der Waals surface area contributed by atoms with E-state index in [-0.39, 0.29) is 12.2 Å². The number of pyridine rings is 1. The number of rotatable bonds is 4. The Morgan fingerprint density at radius 1 is 1.42 bits per heavy atom. The normalized spacial score (nSPS) is 10.2. The molecule has 0 saturated carbocycles. The minimum Gasteiger partial charge on any atom is -0.488 e. The van der Waals surface area contributed by atoms with Gasteiger partial charge in [0.15, 0.2) is 0 Å². The van der Waals surface area contributed by atoms with Crippen molar-refractivity contribution >= 4 is 5.97 Å². The quantitative estimate of drug-likeness (QED) is 0.919. The highest BCUT2D eigenvalue weighted by Gasteiger charge is 2.13. The first kappa shape index (κ1) is 13.0. The van der Waals surface area contributed by atoms with Gasteiger partial charge in [0.05, 0.1) is 6.20 Å². The van der Waals surface area contributed by atoms with Gasteiger partial charge in [-0.05, 0) is 24.6 Å². The van der Waals surface area contributed by atoms with Gasteiger partial charge in [-0.1, -0.05) is 12.1 Å². The fourth-order valence-corrected chi connectivity index (χ4v) is 1.70. The van der Waals surface area contributed by atoms with Crippen molar-refractivity contribution < 1.29 is 19.0 Å². The fourth-order valence-electron chi connectivity index (χ4n) is 1.70. The number of aromatic carboxylic acids is 1. The first-order chi connectivity index (χ1) is 9.08. The Morgan fingerprint density at radius 3 is 2.89 bits per heavy atom. The van der Waals surface area contributed by atoms with Gasteiger partial charge in [0.25, 0.3) is 0 Å². The third-order valence-electron chi connectivity index (χ3n) is 2.59. The molecule has 19 heavy (non-hydrogen) atoms. The maximum absolute atomic E-state index is 13.0. The van der Waals surface area contributed by atoms with E-state index in [2.05, 4.69) is 4.98 Å². The van der Waals surface area contributed by atoms with Gasteiger partial charge < -0.3 is 9.84 Å². The Morgan fingerprint density at radius 2 is 2.21 bits per heavy atom. The molecule has 0 unspecified atom stereocenters. The zero-order valence-electron chi connectivity index (χ0n) is 10.3. The summed E-state index contributed by atoms with van der Waals surface area (Å²) in [7, 11) is 0. The monoisotopic (exact) mass is 261 g/mol. The lowest BCUT2D eigenvalue weighted by Crippen LogP contribution is -2.05. The van der Waals surface area contributed by atoms with Gasteiger partial charge >= 0.3 is 5.97 Å². The zero-order valence-corrected chi connectivity index (χ0v) is 10.3. The number of hydrogen-bond donors (Lipinski definition) is 1. The predicted octanol–water partition coefficient (Wildman–Crippen LogP) is 2.81. The third kappa shape index (κ3) is 3.07. The number of hydrogen-bond acceptors (Lipinski definition) is 3. The molecule has 1 aromatic carbocycles. The zero-order chi connectivity index (χ0) is 13.8. The molecule has 1 heterocycles. The van der Waals surface area contributed by atoms with Crippen molar-refractivity contribution in [3.63, 3.8) is 0 Å².